The van der Waals surface area contributed by atoms with Crippen molar-refractivity contribution >= 4 is 17.5 Å². The molecule has 0 spiro atoms. The molecule has 0 aliphatic heterocycles. The second-order valence-corrected chi connectivity index (χ2v) is 5.93. The summed E-state index contributed by atoms with van der Waals surface area (Å²) in [4.78, 5) is 11.5. The zero-order chi connectivity index (χ0) is 11.3. The normalized spacial score (nSPS) is 48.6. The summed E-state index contributed by atoms with van der Waals surface area (Å²) in [6.07, 6.45) is 4.02. The van der Waals surface area contributed by atoms with Crippen LogP contribution in [0.4, 0.5) is 0 Å². The van der Waals surface area contributed by atoms with Crippen molar-refractivity contribution in [2.75, 3.05) is 6.61 Å². The molecule has 3 saturated carbocycles. The number of nitrogens with one attached hydrogen (secondary N) is 1. The fraction of sp³-hybridized carbons (Fsp3) is 0.909. The molecule has 0 heterocycles. The van der Waals surface area contributed by atoms with E-state index in [1.54, 1.807) is 0 Å². The van der Waals surface area contributed by atoms with Crippen molar-refractivity contribution < 1.29 is 9.53 Å². The number of amides is 1. The third-order valence-corrected chi connectivity index (χ3v) is 4.67. The maximum Gasteiger partial charge on any atom is 0.246 e. The maximum absolute atomic E-state index is 11.5. The number of halogens is 1. The van der Waals surface area contributed by atoms with E-state index in [9.17, 15) is 4.79 Å². The van der Waals surface area contributed by atoms with Crippen molar-refractivity contribution in [2.24, 2.45) is 11.7 Å². The van der Waals surface area contributed by atoms with Gasteiger partial charge in [0.1, 0.15) is 6.61 Å². The smallest absolute Gasteiger partial charge is 0.246 e. The molecule has 16 heavy (non-hydrogen) atoms. The predicted molar refractivity (Wildman–Crippen MR) is 60.2 cm³/mol. The SMILES string of the molecule is N[C@@]12CC(NC(=O)CO[C@H]3CCC3Cl)C1C2. The topological polar surface area (TPSA) is 64.3 Å². The molecule has 3 unspecified atom stereocenters. The first-order valence-corrected chi connectivity index (χ1v) is 6.36. The Kier molecular flexibility index (Phi) is 2.42. The molecule has 0 saturated heterocycles. The largest absolute Gasteiger partial charge is 0.367 e. The number of alkyl halides is 1. The second kappa shape index (κ2) is 3.59. The molecule has 0 radical (unpaired) electrons. The molecule has 3 aliphatic carbocycles. The van der Waals surface area contributed by atoms with Gasteiger partial charge in [0.2, 0.25) is 5.91 Å². The van der Waals surface area contributed by atoms with Crippen molar-refractivity contribution in [3.05, 3.63) is 0 Å². The van der Waals surface area contributed by atoms with Gasteiger partial charge in [-0.1, -0.05) is 0 Å². The summed E-state index contributed by atoms with van der Waals surface area (Å²) in [6, 6.07) is 0.286. The highest BCUT2D eigenvalue weighted by Gasteiger charge is 2.65. The molecule has 0 aromatic heterocycles. The summed E-state index contributed by atoms with van der Waals surface area (Å²) in [7, 11) is 0. The molecule has 0 bridgehead atoms. The standard InChI is InChI=1S/C11H17ClN2O2/c12-7-1-2-9(7)16-5-10(15)14-8-4-11(13)3-6(8)11/h6-9H,1-5,13H2,(H,14,15)/t6?,7?,8?,9-,11-/m0/s1. The summed E-state index contributed by atoms with van der Waals surface area (Å²) in [5, 5.41) is 3.06. The van der Waals surface area contributed by atoms with Gasteiger partial charge in [-0.25, -0.2) is 0 Å². The fourth-order valence-electron chi connectivity index (χ4n) is 2.72. The zero-order valence-corrected chi connectivity index (χ0v) is 9.87. The minimum Gasteiger partial charge on any atom is -0.367 e. The quantitative estimate of drug-likeness (QED) is 0.703. The summed E-state index contributed by atoms with van der Waals surface area (Å²) in [5.41, 5.74) is 6.00. The molecule has 0 aromatic rings. The van der Waals surface area contributed by atoms with E-state index in [1.165, 1.54) is 0 Å². The lowest BCUT2D eigenvalue weighted by Crippen LogP contribution is -2.53. The van der Waals surface area contributed by atoms with Crippen molar-refractivity contribution in [2.45, 2.75) is 48.7 Å². The monoisotopic (exact) mass is 244 g/mol. The van der Waals surface area contributed by atoms with Gasteiger partial charge in [-0.15, -0.1) is 11.6 Å². The van der Waals surface area contributed by atoms with Gasteiger partial charge in [-0.2, -0.15) is 0 Å². The number of fused-ring (bicyclic) bond motifs is 1. The van der Waals surface area contributed by atoms with Crippen molar-refractivity contribution in [3.63, 3.8) is 0 Å². The Morgan fingerprint density at radius 2 is 2.31 bits per heavy atom. The Morgan fingerprint density at radius 1 is 1.50 bits per heavy atom. The molecule has 4 nitrogen and oxygen atoms in total. The molecule has 3 aliphatic rings. The van der Waals surface area contributed by atoms with Gasteiger partial charge >= 0.3 is 0 Å². The molecule has 0 aromatic carbocycles. The van der Waals surface area contributed by atoms with E-state index in [1.807, 2.05) is 0 Å². The van der Waals surface area contributed by atoms with Gasteiger partial charge < -0.3 is 15.8 Å². The molecule has 3 fully saturated rings. The first kappa shape index (κ1) is 10.8. The van der Waals surface area contributed by atoms with Crippen molar-refractivity contribution in [1.82, 2.24) is 5.32 Å². The summed E-state index contributed by atoms with van der Waals surface area (Å²) in [6.45, 7) is 0.134. The van der Waals surface area contributed by atoms with Crippen LogP contribution in [-0.4, -0.2) is 35.6 Å². The van der Waals surface area contributed by atoms with Crippen molar-refractivity contribution in [3.8, 4) is 0 Å². The lowest BCUT2D eigenvalue weighted by atomic mass is 9.87. The summed E-state index contributed by atoms with van der Waals surface area (Å²) in [5.74, 6) is 0.482. The highest BCUT2D eigenvalue weighted by atomic mass is 35.5. The van der Waals surface area contributed by atoms with Gasteiger partial charge in [-0.05, 0) is 31.6 Å². The Balaban J connectivity index is 1.35. The van der Waals surface area contributed by atoms with Crippen LogP contribution in [0.25, 0.3) is 0 Å². The van der Waals surface area contributed by atoms with Crippen LogP contribution in [-0.2, 0) is 9.53 Å². The van der Waals surface area contributed by atoms with Gasteiger partial charge in [0.25, 0.3) is 0 Å². The van der Waals surface area contributed by atoms with Crippen LogP contribution in [0.1, 0.15) is 25.7 Å². The zero-order valence-electron chi connectivity index (χ0n) is 9.12. The Morgan fingerprint density at radius 3 is 2.75 bits per heavy atom. The first-order chi connectivity index (χ1) is 7.58. The lowest BCUT2D eigenvalue weighted by molar-refractivity contribution is -0.130. The van der Waals surface area contributed by atoms with Gasteiger partial charge in [0.15, 0.2) is 0 Å². The second-order valence-electron chi connectivity index (χ2n) is 5.36. The van der Waals surface area contributed by atoms with Crippen LogP contribution in [0.5, 0.6) is 0 Å². The minimum absolute atomic E-state index is 0.0327. The molecule has 1 amide bonds. The number of rotatable bonds is 4. The molecule has 5 heteroatoms. The molecule has 3 rings (SSSR count). The van der Waals surface area contributed by atoms with Gasteiger partial charge in [-0.3, -0.25) is 4.79 Å². The Labute approximate surface area is 99.8 Å². The van der Waals surface area contributed by atoms with Crippen LogP contribution in [0.3, 0.4) is 0 Å². The van der Waals surface area contributed by atoms with E-state index >= 15 is 0 Å². The fourth-order valence-corrected chi connectivity index (χ4v) is 3.04. The van der Waals surface area contributed by atoms with Crippen LogP contribution in [0, 0.1) is 5.92 Å². The van der Waals surface area contributed by atoms with Crippen LogP contribution < -0.4 is 11.1 Å². The van der Waals surface area contributed by atoms with E-state index in [2.05, 4.69) is 5.32 Å². The van der Waals surface area contributed by atoms with E-state index < -0.39 is 0 Å². The lowest BCUT2D eigenvalue weighted by Gasteiger charge is -2.34. The van der Waals surface area contributed by atoms with E-state index in [4.69, 9.17) is 22.1 Å². The van der Waals surface area contributed by atoms with Crippen LogP contribution in [0.2, 0.25) is 0 Å². The average Bonchev–Trinajstić information content (AvgIpc) is 2.77. The van der Waals surface area contributed by atoms with E-state index in [-0.39, 0.29) is 35.6 Å². The molecular formula is C11H17ClN2O2. The third-order valence-electron chi connectivity index (χ3n) is 4.17. The summed E-state index contributed by atoms with van der Waals surface area (Å²) >= 11 is 5.92. The number of carbonyl (C=O) groups is 1. The molecule has 5 atom stereocenters. The minimum atomic E-state index is -0.0327. The van der Waals surface area contributed by atoms with E-state index in [0.29, 0.717) is 5.92 Å². The average molecular weight is 245 g/mol. The van der Waals surface area contributed by atoms with Crippen LogP contribution >= 0.6 is 11.6 Å². The maximum atomic E-state index is 11.5. The molecule has 3 N–H and O–H groups in total. The van der Waals surface area contributed by atoms with Gasteiger partial charge in [0.05, 0.1) is 11.5 Å². The van der Waals surface area contributed by atoms with Crippen LogP contribution in [0.15, 0.2) is 0 Å². The third kappa shape index (κ3) is 1.73. The van der Waals surface area contributed by atoms with E-state index in [0.717, 1.165) is 25.7 Å². The number of hydrogen-bond acceptors (Lipinski definition) is 3. The van der Waals surface area contributed by atoms with Gasteiger partial charge in [0, 0.05) is 11.6 Å². The Hall–Kier alpha value is -0.320. The first-order valence-electron chi connectivity index (χ1n) is 5.92. The number of carbonyl (C=O) groups excluding carboxylic acids is 1. The number of nitrogens with two attached hydrogens (primary N) is 1. The summed E-state index contributed by atoms with van der Waals surface area (Å²) < 4.78 is 5.42. The predicted octanol–water partition coefficient (Wildman–Crippen LogP) is 0.379. The molecular weight excluding hydrogens is 228 g/mol. The molecule has 90 valence electrons. The number of hydrogen-bond donors (Lipinski definition) is 2. The number of ether oxygens (including phenoxy) is 1. The highest BCUT2D eigenvalue weighted by Crippen LogP contribution is 2.57. The van der Waals surface area contributed by atoms with Crippen molar-refractivity contribution in [1.29, 1.82) is 0 Å². The highest BCUT2D eigenvalue weighted by molar-refractivity contribution is 6.21. The Bertz CT molecular complexity index is 325.